The number of hydrogen-bond donors (Lipinski definition) is 1. The summed E-state index contributed by atoms with van der Waals surface area (Å²) in [5.41, 5.74) is 4.61. The Hall–Kier alpha value is -2.79. The number of hydrogen-bond acceptors (Lipinski definition) is 6. The quantitative estimate of drug-likeness (QED) is 0.744. The first-order valence-corrected chi connectivity index (χ1v) is 9.58. The summed E-state index contributed by atoms with van der Waals surface area (Å²) in [4.78, 5) is 21.3. The van der Waals surface area contributed by atoms with E-state index in [1.807, 2.05) is 19.2 Å². The maximum atomic E-state index is 12.4. The lowest BCUT2D eigenvalue weighted by Gasteiger charge is -2.14. The molecule has 8 heteroatoms. The summed E-state index contributed by atoms with van der Waals surface area (Å²) in [5, 5.41) is 18.9. The fraction of sp³-hybridized carbons (Fsp3) is 0.421. The predicted octanol–water partition coefficient (Wildman–Crippen LogP) is 3.54. The molecule has 3 rings (SSSR count). The molecule has 27 heavy (non-hydrogen) atoms. The number of fused-ring (bicyclic) bond motifs is 1. The van der Waals surface area contributed by atoms with Crippen LogP contribution in [0.1, 0.15) is 55.4 Å². The molecule has 7 nitrogen and oxygen atoms in total. The molecule has 3 heterocycles. The Morgan fingerprint density at radius 1 is 1.33 bits per heavy atom. The molecule has 0 radical (unpaired) electrons. The lowest BCUT2D eigenvalue weighted by atomic mass is 9.93. The normalized spacial score (nSPS) is 11.6. The van der Waals surface area contributed by atoms with Gasteiger partial charge in [0.15, 0.2) is 10.8 Å². The Labute approximate surface area is 162 Å². The van der Waals surface area contributed by atoms with E-state index >= 15 is 0 Å². The molecule has 0 bridgehead atoms. The zero-order chi connectivity index (χ0) is 19.8. The summed E-state index contributed by atoms with van der Waals surface area (Å²) in [7, 11) is 0. The molecule has 0 fully saturated rings. The fourth-order valence-corrected chi connectivity index (χ4v) is 3.80. The van der Waals surface area contributed by atoms with Crippen LogP contribution in [0.25, 0.3) is 5.65 Å². The standard InChI is InChI=1S/C19H22N6OS/c1-11-14(12(2)25-17(22-11)13(8-20)9-21-25)6-7-16(26)24-18-23-15(10-27-18)19(3,4)5/h9-10H,6-7H2,1-5H3,(H,23,24,26). The molecule has 0 aliphatic rings. The lowest BCUT2D eigenvalue weighted by Crippen LogP contribution is -2.15. The topological polar surface area (TPSA) is 96.0 Å². The van der Waals surface area contributed by atoms with Crippen molar-refractivity contribution in [3.05, 3.63) is 39.8 Å². The third kappa shape index (κ3) is 3.83. The van der Waals surface area contributed by atoms with Crippen LogP contribution in [0.15, 0.2) is 11.6 Å². The van der Waals surface area contributed by atoms with Gasteiger partial charge in [-0.25, -0.2) is 14.5 Å². The van der Waals surface area contributed by atoms with Gasteiger partial charge in [0.05, 0.1) is 11.9 Å². The summed E-state index contributed by atoms with van der Waals surface area (Å²) in [6, 6.07) is 2.10. The van der Waals surface area contributed by atoms with Gasteiger partial charge in [-0.3, -0.25) is 4.79 Å². The Morgan fingerprint density at radius 3 is 2.70 bits per heavy atom. The second-order valence-electron chi connectivity index (χ2n) is 7.50. The van der Waals surface area contributed by atoms with Crippen molar-refractivity contribution in [3.8, 4) is 6.07 Å². The molecular formula is C19H22N6OS. The molecule has 1 N–H and O–H groups in total. The first-order chi connectivity index (χ1) is 12.7. The van der Waals surface area contributed by atoms with Gasteiger partial charge >= 0.3 is 0 Å². The second kappa shape index (κ2) is 7.08. The monoisotopic (exact) mass is 382 g/mol. The van der Waals surface area contributed by atoms with E-state index in [-0.39, 0.29) is 11.3 Å². The molecule has 3 aromatic heterocycles. The van der Waals surface area contributed by atoms with E-state index < -0.39 is 0 Å². The minimum Gasteiger partial charge on any atom is -0.302 e. The highest BCUT2D eigenvalue weighted by molar-refractivity contribution is 7.13. The van der Waals surface area contributed by atoms with Crippen molar-refractivity contribution in [1.82, 2.24) is 19.6 Å². The first kappa shape index (κ1) is 19.0. The smallest absolute Gasteiger partial charge is 0.226 e. The number of carbonyl (C=O) groups is 1. The number of nitrogens with one attached hydrogen (secondary N) is 1. The van der Waals surface area contributed by atoms with Crippen LogP contribution in [0, 0.1) is 25.2 Å². The molecule has 0 aliphatic carbocycles. The number of nitrogens with zero attached hydrogens (tertiary/aromatic N) is 5. The number of nitriles is 1. The van der Waals surface area contributed by atoms with Crippen LogP contribution in [-0.4, -0.2) is 25.5 Å². The van der Waals surface area contributed by atoms with Crippen molar-refractivity contribution in [3.63, 3.8) is 0 Å². The number of aromatic nitrogens is 4. The van der Waals surface area contributed by atoms with Gasteiger partial charge in [0.2, 0.25) is 5.91 Å². The molecule has 0 spiro atoms. The van der Waals surface area contributed by atoms with Crippen LogP contribution in [0.5, 0.6) is 0 Å². The minimum atomic E-state index is -0.0816. The van der Waals surface area contributed by atoms with Crippen LogP contribution in [0.3, 0.4) is 0 Å². The fourth-order valence-electron chi connectivity index (χ4n) is 2.85. The summed E-state index contributed by atoms with van der Waals surface area (Å²) in [6.07, 6.45) is 2.39. The van der Waals surface area contributed by atoms with E-state index in [9.17, 15) is 4.79 Å². The van der Waals surface area contributed by atoms with Gasteiger partial charge in [0.25, 0.3) is 0 Å². The van der Waals surface area contributed by atoms with Gasteiger partial charge in [0, 0.05) is 28.6 Å². The largest absolute Gasteiger partial charge is 0.302 e. The van der Waals surface area contributed by atoms with Gasteiger partial charge in [-0.2, -0.15) is 10.4 Å². The SMILES string of the molecule is Cc1nc2c(C#N)cnn2c(C)c1CCC(=O)Nc1nc(C(C)(C)C)cs1. The number of amides is 1. The third-order valence-electron chi connectivity index (χ3n) is 4.45. The van der Waals surface area contributed by atoms with Crippen molar-refractivity contribution in [2.45, 2.75) is 52.9 Å². The second-order valence-corrected chi connectivity index (χ2v) is 8.36. The zero-order valence-corrected chi connectivity index (χ0v) is 16.9. The number of anilines is 1. The van der Waals surface area contributed by atoms with E-state index in [1.165, 1.54) is 17.5 Å². The lowest BCUT2D eigenvalue weighted by molar-refractivity contribution is -0.116. The van der Waals surface area contributed by atoms with Crippen molar-refractivity contribution in [2.75, 3.05) is 5.32 Å². The van der Waals surface area contributed by atoms with Gasteiger partial charge in [-0.05, 0) is 25.8 Å². The number of aryl methyl sites for hydroxylation is 2. The molecule has 0 aliphatic heterocycles. The van der Waals surface area contributed by atoms with Crippen LogP contribution in [0.2, 0.25) is 0 Å². The van der Waals surface area contributed by atoms with Crippen LogP contribution >= 0.6 is 11.3 Å². The van der Waals surface area contributed by atoms with E-state index in [2.05, 4.69) is 47.2 Å². The maximum absolute atomic E-state index is 12.4. The van der Waals surface area contributed by atoms with Gasteiger partial charge in [0.1, 0.15) is 11.6 Å². The Kier molecular flexibility index (Phi) is 4.98. The van der Waals surface area contributed by atoms with Crippen LogP contribution in [-0.2, 0) is 16.6 Å². The molecule has 140 valence electrons. The van der Waals surface area contributed by atoms with Crippen molar-refractivity contribution >= 4 is 28.0 Å². The summed E-state index contributed by atoms with van der Waals surface area (Å²) in [6.45, 7) is 10.1. The van der Waals surface area contributed by atoms with E-state index in [1.54, 1.807) is 4.52 Å². The maximum Gasteiger partial charge on any atom is 0.226 e. The third-order valence-corrected chi connectivity index (χ3v) is 5.21. The highest BCUT2D eigenvalue weighted by Crippen LogP contribution is 2.26. The Morgan fingerprint density at radius 2 is 2.07 bits per heavy atom. The highest BCUT2D eigenvalue weighted by atomic mass is 32.1. The van der Waals surface area contributed by atoms with Crippen molar-refractivity contribution < 1.29 is 4.79 Å². The molecule has 1 amide bonds. The average molecular weight is 382 g/mol. The van der Waals surface area contributed by atoms with Crippen LogP contribution in [0.4, 0.5) is 5.13 Å². The minimum absolute atomic E-state index is 0.0408. The molecule has 3 aromatic rings. The molecule has 0 atom stereocenters. The molecule has 0 aromatic carbocycles. The summed E-state index contributed by atoms with van der Waals surface area (Å²) < 4.78 is 1.66. The highest BCUT2D eigenvalue weighted by Gasteiger charge is 2.19. The zero-order valence-electron chi connectivity index (χ0n) is 16.1. The predicted molar refractivity (Wildman–Crippen MR) is 105 cm³/mol. The number of carbonyl (C=O) groups excluding carboxylic acids is 1. The first-order valence-electron chi connectivity index (χ1n) is 8.70. The van der Waals surface area contributed by atoms with Crippen molar-refractivity contribution in [2.24, 2.45) is 0 Å². The van der Waals surface area contributed by atoms with Crippen LogP contribution < -0.4 is 5.32 Å². The average Bonchev–Trinajstić information content (AvgIpc) is 3.21. The molecule has 0 saturated carbocycles. The Bertz CT molecular complexity index is 1050. The molecule has 0 saturated heterocycles. The van der Waals surface area contributed by atoms with E-state index in [0.717, 1.165) is 22.6 Å². The van der Waals surface area contributed by atoms with Crippen molar-refractivity contribution in [1.29, 1.82) is 5.26 Å². The van der Waals surface area contributed by atoms with Gasteiger partial charge < -0.3 is 5.32 Å². The van der Waals surface area contributed by atoms with Gasteiger partial charge in [-0.1, -0.05) is 20.8 Å². The Balaban J connectivity index is 1.72. The van der Waals surface area contributed by atoms with E-state index in [4.69, 9.17) is 5.26 Å². The summed E-state index contributed by atoms with van der Waals surface area (Å²) >= 11 is 1.44. The number of thiazole rings is 1. The summed E-state index contributed by atoms with van der Waals surface area (Å²) in [5.74, 6) is -0.0816. The van der Waals surface area contributed by atoms with E-state index in [0.29, 0.717) is 29.2 Å². The number of rotatable bonds is 4. The molecule has 0 unspecified atom stereocenters. The molecular weight excluding hydrogens is 360 g/mol. The van der Waals surface area contributed by atoms with Gasteiger partial charge in [-0.15, -0.1) is 11.3 Å².